The first kappa shape index (κ1) is 15.8. The lowest BCUT2D eigenvalue weighted by Crippen LogP contribution is -2.27. The first-order valence-corrected chi connectivity index (χ1v) is 6.96. The minimum atomic E-state index is -1.04. The number of carbonyl (C=O) groups is 2. The van der Waals surface area contributed by atoms with Crippen molar-refractivity contribution in [3.8, 4) is 0 Å². The van der Waals surface area contributed by atoms with Crippen LogP contribution in [0, 0.1) is 0 Å². The van der Waals surface area contributed by atoms with E-state index in [0.29, 0.717) is 23.3 Å². The second kappa shape index (κ2) is 5.67. The molecule has 2 aromatic heterocycles. The average molecular weight is 305 g/mol. The molecule has 7 heteroatoms. The summed E-state index contributed by atoms with van der Waals surface area (Å²) in [5.41, 5.74) is 0.925. The van der Waals surface area contributed by atoms with Crippen molar-refractivity contribution in [2.45, 2.75) is 39.7 Å². The molecule has 0 radical (unpaired) electrons. The zero-order valence-electron chi connectivity index (χ0n) is 13.0. The van der Waals surface area contributed by atoms with Gasteiger partial charge in [-0.15, -0.1) is 0 Å². The molecule has 2 rings (SSSR count). The van der Waals surface area contributed by atoms with Crippen LogP contribution >= 0.6 is 0 Å². The molecule has 0 aliphatic heterocycles. The standard InChI is InChI=1S/C15H19N3O4/c1-5-10-12(13(19)20)11-8-9(6-7-18(11)17-10)16-14(21)22-15(2,3)4/h6-8H,5H2,1-4H3,(H,16,21)(H,19,20). The Morgan fingerprint density at radius 3 is 2.64 bits per heavy atom. The molecule has 2 N–H and O–H groups in total. The van der Waals surface area contributed by atoms with Crippen LogP contribution in [0.2, 0.25) is 0 Å². The van der Waals surface area contributed by atoms with E-state index in [1.807, 2.05) is 6.92 Å². The van der Waals surface area contributed by atoms with Crippen molar-refractivity contribution in [3.63, 3.8) is 0 Å². The molecule has 22 heavy (non-hydrogen) atoms. The van der Waals surface area contributed by atoms with Crippen molar-refractivity contribution in [2.24, 2.45) is 0 Å². The van der Waals surface area contributed by atoms with E-state index >= 15 is 0 Å². The number of carboxylic acids is 1. The van der Waals surface area contributed by atoms with E-state index in [4.69, 9.17) is 4.74 Å². The number of aromatic carboxylic acids is 1. The zero-order valence-corrected chi connectivity index (χ0v) is 13.0. The summed E-state index contributed by atoms with van der Waals surface area (Å²) < 4.78 is 6.66. The number of aryl methyl sites for hydroxylation is 1. The van der Waals surface area contributed by atoms with Crippen molar-refractivity contribution in [2.75, 3.05) is 5.32 Å². The minimum absolute atomic E-state index is 0.148. The molecule has 0 aliphatic rings. The predicted molar refractivity (Wildman–Crippen MR) is 81.4 cm³/mol. The number of pyridine rings is 1. The van der Waals surface area contributed by atoms with Gasteiger partial charge < -0.3 is 9.84 Å². The number of rotatable bonds is 3. The molecule has 0 saturated heterocycles. The van der Waals surface area contributed by atoms with Gasteiger partial charge in [0.1, 0.15) is 11.2 Å². The van der Waals surface area contributed by atoms with Crippen molar-refractivity contribution < 1.29 is 19.4 Å². The largest absolute Gasteiger partial charge is 0.478 e. The fraction of sp³-hybridized carbons (Fsp3) is 0.400. The Morgan fingerprint density at radius 1 is 1.41 bits per heavy atom. The number of nitrogens with zero attached hydrogens (tertiary/aromatic N) is 2. The van der Waals surface area contributed by atoms with Crippen LogP contribution in [0.25, 0.3) is 5.52 Å². The third-order valence-corrected chi connectivity index (χ3v) is 2.90. The van der Waals surface area contributed by atoms with Gasteiger partial charge in [0.05, 0.1) is 11.2 Å². The van der Waals surface area contributed by atoms with Gasteiger partial charge in [-0.25, -0.2) is 14.1 Å². The van der Waals surface area contributed by atoms with Crippen LogP contribution in [-0.2, 0) is 11.2 Å². The molecule has 118 valence electrons. The lowest BCUT2D eigenvalue weighted by Gasteiger charge is -2.19. The second-order valence-corrected chi connectivity index (χ2v) is 5.85. The van der Waals surface area contributed by atoms with Crippen LogP contribution in [0.3, 0.4) is 0 Å². The zero-order chi connectivity index (χ0) is 16.5. The number of aromatic nitrogens is 2. The minimum Gasteiger partial charge on any atom is -0.478 e. The molecule has 0 saturated carbocycles. The molecule has 2 heterocycles. The number of carbonyl (C=O) groups excluding carboxylic acids is 1. The van der Waals surface area contributed by atoms with Crippen LogP contribution in [0.5, 0.6) is 0 Å². The van der Waals surface area contributed by atoms with Gasteiger partial charge in [-0.05, 0) is 39.3 Å². The van der Waals surface area contributed by atoms with Gasteiger partial charge in [0, 0.05) is 11.9 Å². The Kier molecular flexibility index (Phi) is 4.07. The molecule has 7 nitrogen and oxygen atoms in total. The SMILES string of the molecule is CCc1nn2ccc(NC(=O)OC(C)(C)C)cc2c1C(=O)O. The van der Waals surface area contributed by atoms with Gasteiger partial charge >= 0.3 is 12.1 Å². The van der Waals surface area contributed by atoms with Crippen molar-refractivity contribution in [3.05, 3.63) is 29.6 Å². The molecule has 1 amide bonds. The highest BCUT2D eigenvalue weighted by atomic mass is 16.6. The molecular weight excluding hydrogens is 286 g/mol. The third-order valence-electron chi connectivity index (χ3n) is 2.90. The summed E-state index contributed by atoms with van der Waals surface area (Å²) in [6, 6.07) is 3.20. The molecule has 0 fully saturated rings. The topological polar surface area (TPSA) is 92.9 Å². The highest BCUT2D eigenvalue weighted by Crippen LogP contribution is 2.21. The molecule has 2 aromatic rings. The van der Waals surface area contributed by atoms with E-state index in [-0.39, 0.29) is 5.56 Å². The second-order valence-electron chi connectivity index (χ2n) is 5.85. The number of carboxylic acid groups (broad SMARTS) is 1. The van der Waals surface area contributed by atoms with E-state index in [2.05, 4.69) is 10.4 Å². The monoisotopic (exact) mass is 305 g/mol. The van der Waals surface area contributed by atoms with Crippen LogP contribution in [-0.4, -0.2) is 32.4 Å². The first-order chi connectivity index (χ1) is 10.2. The Bertz CT molecular complexity index is 728. The van der Waals surface area contributed by atoms with Gasteiger partial charge in [-0.1, -0.05) is 6.92 Å². The normalized spacial score (nSPS) is 11.5. The Morgan fingerprint density at radius 2 is 2.09 bits per heavy atom. The number of ether oxygens (including phenoxy) is 1. The summed E-state index contributed by atoms with van der Waals surface area (Å²) in [7, 11) is 0. The van der Waals surface area contributed by atoms with E-state index < -0.39 is 17.7 Å². The van der Waals surface area contributed by atoms with E-state index in [1.54, 1.807) is 39.1 Å². The van der Waals surface area contributed by atoms with Gasteiger partial charge in [0.15, 0.2) is 0 Å². The van der Waals surface area contributed by atoms with E-state index in [9.17, 15) is 14.7 Å². The van der Waals surface area contributed by atoms with Gasteiger partial charge in [0.25, 0.3) is 0 Å². The fourth-order valence-corrected chi connectivity index (χ4v) is 2.07. The highest BCUT2D eigenvalue weighted by Gasteiger charge is 2.19. The summed E-state index contributed by atoms with van der Waals surface area (Å²) in [6.07, 6.45) is 1.52. The molecule has 0 unspecified atom stereocenters. The van der Waals surface area contributed by atoms with Gasteiger partial charge in [-0.2, -0.15) is 5.10 Å². The summed E-state index contributed by atoms with van der Waals surface area (Å²) in [4.78, 5) is 23.2. The molecule has 0 atom stereocenters. The Balaban J connectivity index is 2.36. The van der Waals surface area contributed by atoms with E-state index in [0.717, 1.165) is 0 Å². The molecule has 0 aliphatic carbocycles. The Hall–Kier alpha value is -2.57. The van der Waals surface area contributed by atoms with Crippen LogP contribution in [0.1, 0.15) is 43.7 Å². The van der Waals surface area contributed by atoms with Crippen molar-refractivity contribution >= 4 is 23.3 Å². The maximum atomic E-state index is 11.8. The summed E-state index contributed by atoms with van der Waals surface area (Å²) >= 11 is 0. The molecule has 0 spiro atoms. The first-order valence-electron chi connectivity index (χ1n) is 6.96. The van der Waals surface area contributed by atoms with Crippen molar-refractivity contribution in [1.29, 1.82) is 0 Å². The van der Waals surface area contributed by atoms with E-state index in [1.165, 1.54) is 4.52 Å². The summed E-state index contributed by atoms with van der Waals surface area (Å²) in [6.45, 7) is 7.14. The van der Waals surface area contributed by atoms with Crippen molar-refractivity contribution in [1.82, 2.24) is 9.61 Å². The Labute approximate surface area is 127 Å². The summed E-state index contributed by atoms with van der Waals surface area (Å²) in [5, 5.41) is 16.2. The molecular formula is C15H19N3O4. The molecule has 0 aromatic carbocycles. The highest BCUT2D eigenvalue weighted by molar-refractivity contribution is 5.98. The predicted octanol–water partition coefficient (Wildman–Crippen LogP) is 2.94. The maximum Gasteiger partial charge on any atom is 0.412 e. The van der Waals surface area contributed by atoms with Gasteiger partial charge in [-0.3, -0.25) is 5.32 Å². The number of anilines is 1. The van der Waals surface area contributed by atoms with Crippen LogP contribution < -0.4 is 5.32 Å². The van der Waals surface area contributed by atoms with Gasteiger partial charge in [0.2, 0.25) is 0 Å². The summed E-state index contributed by atoms with van der Waals surface area (Å²) in [5.74, 6) is -1.04. The average Bonchev–Trinajstić information content (AvgIpc) is 2.74. The maximum absolute atomic E-state index is 11.8. The smallest absolute Gasteiger partial charge is 0.412 e. The molecule has 0 bridgehead atoms. The third kappa shape index (κ3) is 3.36. The number of hydrogen-bond donors (Lipinski definition) is 2. The fourth-order valence-electron chi connectivity index (χ4n) is 2.07. The number of hydrogen-bond acceptors (Lipinski definition) is 4. The lowest BCUT2D eigenvalue weighted by atomic mass is 10.1. The quantitative estimate of drug-likeness (QED) is 0.909. The number of amides is 1. The number of fused-ring (bicyclic) bond motifs is 1. The number of nitrogens with one attached hydrogen (secondary N) is 1. The van der Waals surface area contributed by atoms with Crippen LogP contribution in [0.4, 0.5) is 10.5 Å². The lowest BCUT2D eigenvalue weighted by molar-refractivity contribution is 0.0634. The van der Waals surface area contributed by atoms with Crippen LogP contribution in [0.15, 0.2) is 18.3 Å².